The number of amides is 1. The number of carbonyl (C=O) groups excluding carboxylic acids is 1. The number of hydrazone groups is 1. The maximum atomic E-state index is 13.0. The SMILES string of the molecule is C/C(=N\NC(=O)c1cc(-c2ccc(C)cc2)nc2ccccc12)c1ccc(C)cc1. The lowest BCUT2D eigenvalue weighted by molar-refractivity contribution is 0.0956. The maximum Gasteiger partial charge on any atom is 0.272 e. The standard InChI is InChI=1S/C26H23N3O/c1-17-8-12-20(13-9-17)19(3)28-29-26(30)23-16-25(21-14-10-18(2)11-15-21)27-24-7-5-4-6-22(23)24/h4-16H,1-3H3,(H,29,30)/b28-19+. The molecule has 0 saturated carbocycles. The van der Waals surface area contributed by atoms with Crippen LogP contribution >= 0.6 is 0 Å². The molecule has 0 saturated heterocycles. The molecule has 1 N–H and O–H groups in total. The van der Waals surface area contributed by atoms with Crippen molar-refractivity contribution in [3.8, 4) is 11.3 Å². The second kappa shape index (κ2) is 8.29. The third-order valence-electron chi connectivity index (χ3n) is 5.10. The van der Waals surface area contributed by atoms with Crippen LogP contribution in [0.5, 0.6) is 0 Å². The minimum absolute atomic E-state index is 0.256. The van der Waals surface area contributed by atoms with Gasteiger partial charge in [0.1, 0.15) is 0 Å². The first-order valence-electron chi connectivity index (χ1n) is 9.90. The van der Waals surface area contributed by atoms with Gasteiger partial charge in [-0.3, -0.25) is 4.79 Å². The van der Waals surface area contributed by atoms with Crippen LogP contribution in [0.2, 0.25) is 0 Å². The van der Waals surface area contributed by atoms with Crippen molar-refractivity contribution in [1.82, 2.24) is 10.4 Å². The van der Waals surface area contributed by atoms with Gasteiger partial charge in [0.05, 0.1) is 22.5 Å². The summed E-state index contributed by atoms with van der Waals surface area (Å²) in [6.07, 6.45) is 0. The molecule has 4 nitrogen and oxygen atoms in total. The summed E-state index contributed by atoms with van der Waals surface area (Å²) in [6, 6.07) is 25.7. The Labute approximate surface area is 176 Å². The highest BCUT2D eigenvalue weighted by Gasteiger charge is 2.14. The van der Waals surface area contributed by atoms with Crippen molar-refractivity contribution in [1.29, 1.82) is 0 Å². The van der Waals surface area contributed by atoms with E-state index in [0.717, 1.165) is 33.4 Å². The lowest BCUT2D eigenvalue weighted by atomic mass is 10.0. The van der Waals surface area contributed by atoms with Gasteiger partial charge in [0.25, 0.3) is 5.91 Å². The first kappa shape index (κ1) is 19.5. The zero-order valence-corrected chi connectivity index (χ0v) is 17.3. The van der Waals surface area contributed by atoms with E-state index in [2.05, 4.69) is 10.5 Å². The van der Waals surface area contributed by atoms with Gasteiger partial charge in [-0.2, -0.15) is 5.10 Å². The molecule has 0 aliphatic rings. The van der Waals surface area contributed by atoms with Crippen LogP contribution in [-0.2, 0) is 0 Å². The third-order valence-corrected chi connectivity index (χ3v) is 5.10. The fourth-order valence-electron chi connectivity index (χ4n) is 3.29. The Morgan fingerprint density at radius 2 is 1.50 bits per heavy atom. The van der Waals surface area contributed by atoms with Crippen LogP contribution < -0.4 is 5.43 Å². The van der Waals surface area contributed by atoms with Crippen molar-refractivity contribution >= 4 is 22.5 Å². The molecule has 0 radical (unpaired) electrons. The summed E-state index contributed by atoms with van der Waals surface area (Å²) < 4.78 is 0. The molecule has 1 heterocycles. The second-order valence-electron chi connectivity index (χ2n) is 7.44. The summed E-state index contributed by atoms with van der Waals surface area (Å²) in [5.74, 6) is -0.256. The zero-order valence-electron chi connectivity index (χ0n) is 17.3. The van der Waals surface area contributed by atoms with Gasteiger partial charge in [0, 0.05) is 10.9 Å². The lowest BCUT2D eigenvalue weighted by Crippen LogP contribution is -2.20. The van der Waals surface area contributed by atoms with Gasteiger partial charge in [-0.15, -0.1) is 0 Å². The van der Waals surface area contributed by atoms with E-state index in [1.54, 1.807) is 0 Å². The Balaban J connectivity index is 1.70. The second-order valence-corrected chi connectivity index (χ2v) is 7.44. The molecule has 0 aliphatic heterocycles. The number of benzene rings is 3. The molecule has 1 aromatic heterocycles. The van der Waals surface area contributed by atoms with E-state index in [4.69, 9.17) is 4.98 Å². The third kappa shape index (κ3) is 4.13. The minimum atomic E-state index is -0.256. The quantitative estimate of drug-likeness (QED) is 0.359. The van der Waals surface area contributed by atoms with Crippen molar-refractivity contribution in [3.05, 3.63) is 101 Å². The number of rotatable bonds is 4. The van der Waals surface area contributed by atoms with Crippen LogP contribution in [0.25, 0.3) is 22.2 Å². The fraction of sp³-hybridized carbons (Fsp3) is 0.115. The van der Waals surface area contributed by atoms with Gasteiger partial charge in [-0.05, 0) is 38.5 Å². The number of carbonyl (C=O) groups is 1. The normalized spacial score (nSPS) is 11.5. The molecule has 0 fully saturated rings. The zero-order chi connectivity index (χ0) is 21.1. The number of hydrogen-bond acceptors (Lipinski definition) is 3. The van der Waals surface area contributed by atoms with Crippen LogP contribution in [0.4, 0.5) is 0 Å². The molecular weight excluding hydrogens is 370 g/mol. The summed E-state index contributed by atoms with van der Waals surface area (Å²) in [5, 5.41) is 5.12. The van der Waals surface area contributed by atoms with Crippen molar-refractivity contribution < 1.29 is 4.79 Å². The molecule has 0 unspecified atom stereocenters. The fourth-order valence-corrected chi connectivity index (χ4v) is 3.29. The summed E-state index contributed by atoms with van der Waals surface area (Å²) >= 11 is 0. The number of nitrogens with zero attached hydrogens (tertiary/aromatic N) is 2. The molecule has 4 aromatic rings. The number of pyridine rings is 1. The van der Waals surface area contributed by atoms with Crippen molar-refractivity contribution in [2.75, 3.05) is 0 Å². The van der Waals surface area contributed by atoms with Crippen LogP contribution in [-0.4, -0.2) is 16.6 Å². The van der Waals surface area contributed by atoms with Crippen LogP contribution in [0.15, 0.2) is 84.0 Å². The highest BCUT2D eigenvalue weighted by molar-refractivity contribution is 6.08. The number of fused-ring (bicyclic) bond motifs is 1. The Kier molecular flexibility index (Phi) is 5.40. The molecule has 3 aromatic carbocycles. The summed E-state index contributed by atoms with van der Waals surface area (Å²) in [5.41, 5.74) is 9.86. The minimum Gasteiger partial charge on any atom is -0.267 e. The van der Waals surface area contributed by atoms with E-state index in [0.29, 0.717) is 5.56 Å². The molecule has 0 atom stereocenters. The molecule has 0 spiro atoms. The predicted molar refractivity (Wildman–Crippen MR) is 123 cm³/mol. The van der Waals surface area contributed by atoms with Crippen molar-refractivity contribution in [2.24, 2.45) is 5.10 Å². The number of hydrogen-bond donors (Lipinski definition) is 1. The van der Waals surface area contributed by atoms with Crippen LogP contribution in [0.1, 0.15) is 34.0 Å². The lowest BCUT2D eigenvalue weighted by Gasteiger charge is -2.10. The summed E-state index contributed by atoms with van der Waals surface area (Å²) in [4.78, 5) is 17.8. The highest BCUT2D eigenvalue weighted by Crippen LogP contribution is 2.25. The van der Waals surface area contributed by atoms with Gasteiger partial charge in [-0.25, -0.2) is 10.4 Å². The smallest absolute Gasteiger partial charge is 0.267 e. The van der Waals surface area contributed by atoms with E-state index in [-0.39, 0.29) is 5.91 Å². The average Bonchev–Trinajstić information content (AvgIpc) is 2.77. The Morgan fingerprint density at radius 3 is 2.20 bits per heavy atom. The van der Waals surface area contributed by atoms with Gasteiger partial charge >= 0.3 is 0 Å². The van der Waals surface area contributed by atoms with Gasteiger partial charge in [0.15, 0.2) is 0 Å². The van der Waals surface area contributed by atoms with Gasteiger partial charge in [0.2, 0.25) is 0 Å². The molecule has 1 amide bonds. The first-order valence-corrected chi connectivity index (χ1v) is 9.90. The average molecular weight is 393 g/mol. The van der Waals surface area contributed by atoms with E-state index >= 15 is 0 Å². The topological polar surface area (TPSA) is 54.4 Å². The largest absolute Gasteiger partial charge is 0.272 e. The van der Waals surface area contributed by atoms with Crippen molar-refractivity contribution in [2.45, 2.75) is 20.8 Å². The monoisotopic (exact) mass is 393 g/mol. The molecule has 148 valence electrons. The highest BCUT2D eigenvalue weighted by atomic mass is 16.2. The summed E-state index contributed by atoms with van der Waals surface area (Å²) in [6.45, 7) is 5.97. The van der Waals surface area contributed by atoms with E-state index in [1.165, 1.54) is 11.1 Å². The van der Waals surface area contributed by atoms with Crippen LogP contribution in [0.3, 0.4) is 0 Å². The van der Waals surface area contributed by atoms with Gasteiger partial charge in [-0.1, -0.05) is 77.9 Å². The summed E-state index contributed by atoms with van der Waals surface area (Å²) in [7, 11) is 0. The van der Waals surface area contributed by atoms with E-state index in [1.807, 2.05) is 99.6 Å². The molecule has 0 aliphatic carbocycles. The molecule has 4 heteroatoms. The number of nitrogens with one attached hydrogen (secondary N) is 1. The van der Waals surface area contributed by atoms with Gasteiger partial charge < -0.3 is 0 Å². The Morgan fingerprint density at radius 1 is 0.867 bits per heavy atom. The van der Waals surface area contributed by atoms with E-state index in [9.17, 15) is 4.79 Å². The Hall–Kier alpha value is -3.79. The number of aromatic nitrogens is 1. The van der Waals surface area contributed by atoms with Crippen LogP contribution in [0, 0.1) is 13.8 Å². The molecule has 0 bridgehead atoms. The molecular formula is C26H23N3O. The molecule has 4 rings (SSSR count). The van der Waals surface area contributed by atoms with E-state index < -0.39 is 0 Å². The predicted octanol–water partition coefficient (Wildman–Crippen LogP) is 5.67. The number of para-hydroxylation sites is 1. The Bertz CT molecular complexity index is 1240. The maximum absolute atomic E-state index is 13.0. The first-order chi connectivity index (χ1) is 14.5. The number of aryl methyl sites for hydroxylation is 2. The van der Waals surface area contributed by atoms with Crippen molar-refractivity contribution in [3.63, 3.8) is 0 Å². The molecule has 30 heavy (non-hydrogen) atoms.